The zero-order chi connectivity index (χ0) is 25.8. The Morgan fingerprint density at radius 2 is 1.71 bits per heavy atom. The van der Waals surface area contributed by atoms with Crippen LogP contribution in [0.15, 0.2) is 42.5 Å². The van der Waals surface area contributed by atoms with E-state index in [2.05, 4.69) is 5.32 Å². The Balaban J connectivity index is 2.45. The SMILES string of the molecule is Cc1ccc(N(CC(=O)N(Cc2ccccc2Cl)[C@H](C)C(=O)NC(C)(C)C)S(C)(=O)=O)c(C)c1. The van der Waals surface area contributed by atoms with Gasteiger partial charge in [-0.1, -0.05) is 47.5 Å². The second kappa shape index (κ2) is 10.8. The molecule has 2 rings (SSSR count). The fraction of sp³-hybridized carbons (Fsp3) is 0.440. The molecule has 34 heavy (non-hydrogen) atoms. The monoisotopic (exact) mass is 507 g/mol. The van der Waals surface area contributed by atoms with Crippen molar-refractivity contribution in [2.45, 2.75) is 59.7 Å². The van der Waals surface area contributed by atoms with Gasteiger partial charge in [-0.05, 0) is 64.8 Å². The van der Waals surface area contributed by atoms with Crippen LogP contribution in [0.4, 0.5) is 5.69 Å². The molecule has 0 saturated carbocycles. The Kier molecular flexibility index (Phi) is 8.77. The lowest BCUT2D eigenvalue weighted by molar-refractivity contribution is -0.140. The normalized spacial score (nSPS) is 12.7. The molecule has 0 aliphatic heterocycles. The van der Waals surface area contributed by atoms with E-state index in [9.17, 15) is 18.0 Å². The predicted octanol–water partition coefficient (Wildman–Crippen LogP) is 4.05. The smallest absolute Gasteiger partial charge is 0.244 e. The number of hydrogen-bond acceptors (Lipinski definition) is 4. The van der Waals surface area contributed by atoms with Gasteiger partial charge in [0.15, 0.2) is 0 Å². The van der Waals surface area contributed by atoms with E-state index in [1.165, 1.54) is 4.90 Å². The number of amides is 2. The molecule has 0 aromatic heterocycles. The number of aryl methyl sites for hydroxylation is 2. The van der Waals surface area contributed by atoms with E-state index in [0.29, 0.717) is 16.3 Å². The zero-order valence-electron chi connectivity index (χ0n) is 20.8. The van der Waals surface area contributed by atoms with Crippen LogP contribution in [0.2, 0.25) is 5.02 Å². The minimum atomic E-state index is -3.78. The van der Waals surface area contributed by atoms with Crippen molar-refractivity contribution < 1.29 is 18.0 Å². The van der Waals surface area contributed by atoms with Gasteiger partial charge in [-0.2, -0.15) is 0 Å². The summed E-state index contributed by atoms with van der Waals surface area (Å²) in [6.07, 6.45) is 1.06. The third kappa shape index (κ3) is 7.46. The molecular weight excluding hydrogens is 474 g/mol. The highest BCUT2D eigenvalue weighted by molar-refractivity contribution is 7.92. The summed E-state index contributed by atoms with van der Waals surface area (Å²) in [6, 6.07) is 11.5. The largest absolute Gasteiger partial charge is 0.350 e. The topological polar surface area (TPSA) is 86.8 Å². The van der Waals surface area contributed by atoms with Gasteiger partial charge in [0.2, 0.25) is 21.8 Å². The number of nitrogens with zero attached hydrogens (tertiary/aromatic N) is 2. The quantitative estimate of drug-likeness (QED) is 0.583. The van der Waals surface area contributed by atoms with Crippen LogP contribution in [-0.2, 0) is 26.2 Å². The molecule has 0 aliphatic rings. The number of carbonyl (C=O) groups excluding carboxylic acids is 2. The van der Waals surface area contributed by atoms with Crippen molar-refractivity contribution in [1.29, 1.82) is 0 Å². The maximum atomic E-state index is 13.6. The van der Waals surface area contributed by atoms with E-state index in [-0.39, 0.29) is 12.5 Å². The molecule has 9 heteroatoms. The lowest BCUT2D eigenvalue weighted by Gasteiger charge is -2.33. The van der Waals surface area contributed by atoms with Gasteiger partial charge in [-0.15, -0.1) is 0 Å². The summed E-state index contributed by atoms with van der Waals surface area (Å²) in [7, 11) is -3.78. The molecule has 0 unspecified atom stereocenters. The Morgan fingerprint density at radius 3 is 2.24 bits per heavy atom. The van der Waals surface area contributed by atoms with Crippen molar-refractivity contribution in [2.75, 3.05) is 17.1 Å². The zero-order valence-corrected chi connectivity index (χ0v) is 22.4. The summed E-state index contributed by atoms with van der Waals surface area (Å²) < 4.78 is 26.5. The first-order valence-electron chi connectivity index (χ1n) is 11.0. The van der Waals surface area contributed by atoms with Crippen LogP contribution in [0.1, 0.15) is 44.4 Å². The van der Waals surface area contributed by atoms with Crippen LogP contribution in [0.5, 0.6) is 0 Å². The summed E-state index contributed by atoms with van der Waals surface area (Å²) in [6.45, 7) is 10.5. The Morgan fingerprint density at radius 1 is 1.09 bits per heavy atom. The first-order valence-corrected chi connectivity index (χ1v) is 13.2. The van der Waals surface area contributed by atoms with Gasteiger partial charge in [-0.25, -0.2) is 8.42 Å². The second-order valence-corrected chi connectivity index (χ2v) is 11.9. The van der Waals surface area contributed by atoms with E-state index < -0.39 is 34.1 Å². The average Bonchev–Trinajstić information content (AvgIpc) is 2.69. The number of benzene rings is 2. The molecule has 2 aromatic rings. The first kappa shape index (κ1) is 27.7. The number of rotatable bonds is 8. The molecule has 0 fully saturated rings. The number of halogens is 1. The van der Waals surface area contributed by atoms with E-state index >= 15 is 0 Å². The number of sulfonamides is 1. The molecule has 0 heterocycles. The highest BCUT2D eigenvalue weighted by atomic mass is 35.5. The van der Waals surface area contributed by atoms with Gasteiger partial charge >= 0.3 is 0 Å². The molecule has 2 aromatic carbocycles. The molecule has 0 aliphatic carbocycles. The average molecular weight is 508 g/mol. The molecule has 0 saturated heterocycles. The first-order chi connectivity index (χ1) is 15.6. The van der Waals surface area contributed by atoms with E-state index in [4.69, 9.17) is 11.6 Å². The van der Waals surface area contributed by atoms with E-state index in [1.54, 1.807) is 50.2 Å². The van der Waals surface area contributed by atoms with Crippen LogP contribution in [0, 0.1) is 13.8 Å². The molecule has 0 radical (unpaired) electrons. The molecular formula is C25H34ClN3O4S. The van der Waals surface area contributed by atoms with Crippen molar-refractivity contribution in [3.8, 4) is 0 Å². The summed E-state index contributed by atoms with van der Waals surface area (Å²) >= 11 is 6.33. The number of hydrogen-bond donors (Lipinski definition) is 1. The predicted molar refractivity (Wildman–Crippen MR) is 137 cm³/mol. The summed E-state index contributed by atoms with van der Waals surface area (Å²) in [4.78, 5) is 27.9. The van der Waals surface area contributed by atoms with Gasteiger partial charge in [0.05, 0.1) is 11.9 Å². The van der Waals surface area contributed by atoms with Crippen LogP contribution in [0.3, 0.4) is 0 Å². The lowest BCUT2D eigenvalue weighted by Crippen LogP contribution is -2.54. The lowest BCUT2D eigenvalue weighted by atomic mass is 10.1. The van der Waals surface area contributed by atoms with Crippen LogP contribution >= 0.6 is 11.6 Å². The number of anilines is 1. The number of nitrogens with one attached hydrogen (secondary N) is 1. The van der Waals surface area contributed by atoms with Gasteiger partial charge in [0, 0.05) is 17.1 Å². The maximum Gasteiger partial charge on any atom is 0.244 e. The van der Waals surface area contributed by atoms with E-state index in [0.717, 1.165) is 21.7 Å². The summed E-state index contributed by atoms with van der Waals surface area (Å²) in [5.74, 6) is -0.854. The second-order valence-electron chi connectivity index (χ2n) is 9.59. The molecule has 1 atom stereocenters. The molecule has 1 N–H and O–H groups in total. The van der Waals surface area contributed by atoms with Gasteiger partial charge < -0.3 is 10.2 Å². The Bertz CT molecular complexity index is 1160. The highest BCUT2D eigenvalue weighted by Crippen LogP contribution is 2.25. The van der Waals surface area contributed by atoms with Gasteiger partial charge in [-0.3, -0.25) is 13.9 Å². The van der Waals surface area contributed by atoms with Crippen LogP contribution in [-0.4, -0.2) is 49.5 Å². The fourth-order valence-electron chi connectivity index (χ4n) is 3.55. The number of carbonyl (C=O) groups is 2. The Hall–Kier alpha value is -2.58. The van der Waals surface area contributed by atoms with Crippen molar-refractivity contribution in [3.05, 3.63) is 64.2 Å². The minimum Gasteiger partial charge on any atom is -0.350 e. The van der Waals surface area contributed by atoms with Crippen molar-refractivity contribution in [2.24, 2.45) is 0 Å². The minimum absolute atomic E-state index is 0.0573. The van der Waals surface area contributed by atoms with Gasteiger partial charge in [0.25, 0.3) is 0 Å². The summed E-state index contributed by atoms with van der Waals surface area (Å²) in [5.41, 5.74) is 2.29. The molecule has 0 bridgehead atoms. The molecule has 186 valence electrons. The van der Waals surface area contributed by atoms with E-state index in [1.807, 2.05) is 33.8 Å². The van der Waals surface area contributed by atoms with Crippen LogP contribution < -0.4 is 9.62 Å². The van der Waals surface area contributed by atoms with Crippen molar-refractivity contribution in [3.63, 3.8) is 0 Å². The third-order valence-electron chi connectivity index (χ3n) is 5.26. The third-order valence-corrected chi connectivity index (χ3v) is 6.76. The van der Waals surface area contributed by atoms with Gasteiger partial charge in [0.1, 0.15) is 12.6 Å². The highest BCUT2D eigenvalue weighted by Gasteiger charge is 2.32. The molecule has 7 nitrogen and oxygen atoms in total. The van der Waals surface area contributed by atoms with Crippen molar-refractivity contribution in [1.82, 2.24) is 10.2 Å². The Labute approximate surface area is 208 Å². The summed E-state index contributed by atoms with van der Waals surface area (Å²) in [5, 5.41) is 3.34. The standard InChI is InChI=1S/C25H34ClN3O4S/c1-17-12-13-22(18(2)14-17)29(34(7,32)33)16-23(30)28(15-20-10-8-9-11-21(20)26)19(3)24(31)27-25(4,5)6/h8-14,19H,15-16H2,1-7H3,(H,27,31)/t19-/m1/s1. The van der Waals surface area contributed by atoms with Crippen molar-refractivity contribution >= 4 is 39.1 Å². The maximum absolute atomic E-state index is 13.6. The fourth-order valence-corrected chi connectivity index (χ4v) is 4.65. The molecule has 2 amide bonds. The van der Waals surface area contributed by atoms with Crippen LogP contribution in [0.25, 0.3) is 0 Å². The molecule has 0 spiro atoms.